The molecule has 6 heteroatoms. The van der Waals surface area contributed by atoms with Gasteiger partial charge in [-0.15, -0.1) is 0 Å². The molecule has 1 fully saturated rings. The van der Waals surface area contributed by atoms with Gasteiger partial charge in [0.05, 0.1) is 5.69 Å². The molecule has 1 aromatic heterocycles. The van der Waals surface area contributed by atoms with Crippen LogP contribution in [0.15, 0.2) is 85.1 Å². The molecule has 0 saturated heterocycles. The van der Waals surface area contributed by atoms with E-state index in [9.17, 15) is 4.79 Å². The van der Waals surface area contributed by atoms with Crippen molar-refractivity contribution in [3.05, 3.63) is 90.6 Å². The number of benzene rings is 3. The third-order valence-electron chi connectivity index (χ3n) is 7.26. The monoisotopic (exact) mass is 480 g/mol. The Labute approximate surface area is 212 Å². The Kier molecular flexibility index (Phi) is 7.12. The highest BCUT2D eigenvalue weighted by atomic mass is 16.6. The van der Waals surface area contributed by atoms with E-state index in [4.69, 9.17) is 9.72 Å². The Bertz CT molecular complexity index is 1320. The fraction of sp³-hybridized carbons (Fsp3) is 0.300. The van der Waals surface area contributed by atoms with E-state index in [1.165, 1.54) is 10.8 Å². The van der Waals surface area contributed by atoms with Gasteiger partial charge in [-0.1, -0.05) is 66.7 Å². The second-order valence-corrected chi connectivity index (χ2v) is 9.53. The van der Waals surface area contributed by atoms with Crippen molar-refractivity contribution >= 4 is 22.8 Å². The largest absolute Gasteiger partial charge is 0.445 e. The second-order valence-electron chi connectivity index (χ2n) is 9.53. The molecule has 1 aliphatic carbocycles. The van der Waals surface area contributed by atoms with E-state index in [0.717, 1.165) is 48.5 Å². The lowest BCUT2D eigenvalue weighted by Crippen LogP contribution is -2.44. The van der Waals surface area contributed by atoms with Crippen LogP contribution in [0.25, 0.3) is 22.0 Å². The maximum Gasteiger partial charge on any atom is 0.410 e. The maximum absolute atomic E-state index is 12.6. The van der Waals surface area contributed by atoms with E-state index in [0.29, 0.717) is 12.6 Å². The summed E-state index contributed by atoms with van der Waals surface area (Å²) in [6.45, 7) is 0.299. The van der Waals surface area contributed by atoms with E-state index >= 15 is 0 Å². The molecule has 0 N–H and O–H groups in total. The molecule has 0 unspecified atom stereocenters. The number of rotatable bonds is 6. The summed E-state index contributed by atoms with van der Waals surface area (Å²) in [5.41, 5.74) is 3.01. The zero-order chi connectivity index (χ0) is 24.9. The Hall–Kier alpha value is -3.93. The van der Waals surface area contributed by atoms with Gasteiger partial charge in [0.2, 0.25) is 5.95 Å². The van der Waals surface area contributed by atoms with Crippen LogP contribution < -0.4 is 4.90 Å². The first-order valence-electron chi connectivity index (χ1n) is 12.6. The Morgan fingerprint density at radius 1 is 0.861 bits per heavy atom. The Balaban J connectivity index is 1.19. The lowest BCUT2D eigenvalue weighted by molar-refractivity contribution is 0.0821. The van der Waals surface area contributed by atoms with Gasteiger partial charge < -0.3 is 14.5 Å². The predicted octanol–water partition coefficient (Wildman–Crippen LogP) is 6.31. The lowest BCUT2D eigenvalue weighted by Gasteiger charge is -2.37. The van der Waals surface area contributed by atoms with Crippen molar-refractivity contribution < 1.29 is 9.53 Å². The number of aromatic nitrogens is 2. The van der Waals surface area contributed by atoms with Crippen LogP contribution in [0.1, 0.15) is 31.2 Å². The molecule has 0 bridgehead atoms. The van der Waals surface area contributed by atoms with Gasteiger partial charge in [-0.05, 0) is 54.2 Å². The zero-order valence-electron chi connectivity index (χ0n) is 20.9. The summed E-state index contributed by atoms with van der Waals surface area (Å²) in [5.74, 6) is 0.736. The molecule has 3 aromatic carbocycles. The third-order valence-corrected chi connectivity index (χ3v) is 7.26. The Morgan fingerprint density at radius 3 is 2.33 bits per heavy atom. The molecule has 0 spiro atoms. The van der Waals surface area contributed by atoms with Gasteiger partial charge in [0, 0.05) is 37.9 Å². The van der Waals surface area contributed by atoms with Crippen molar-refractivity contribution in [2.75, 3.05) is 19.0 Å². The molecule has 5 rings (SSSR count). The summed E-state index contributed by atoms with van der Waals surface area (Å²) < 4.78 is 5.53. The van der Waals surface area contributed by atoms with Gasteiger partial charge in [-0.3, -0.25) is 0 Å². The molecule has 36 heavy (non-hydrogen) atoms. The smallest absolute Gasteiger partial charge is 0.410 e. The fourth-order valence-electron chi connectivity index (χ4n) is 4.99. The first-order valence-corrected chi connectivity index (χ1v) is 12.6. The van der Waals surface area contributed by atoms with Crippen LogP contribution in [0.5, 0.6) is 0 Å². The van der Waals surface area contributed by atoms with E-state index < -0.39 is 0 Å². The highest BCUT2D eigenvalue weighted by Gasteiger charge is 2.30. The van der Waals surface area contributed by atoms with Crippen LogP contribution in [-0.4, -0.2) is 47.1 Å². The summed E-state index contributed by atoms with van der Waals surface area (Å²) in [6, 6.07) is 27.1. The first-order chi connectivity index (χ1) is 17.6. The van der Waals surface area contributed by atoms with Gasteiger partial charge in [0.25, 0.3) is 0 Å². The van der Waals surface area contributed by atoms with Crippen LogP contribution in [0.4, 0.5) is 10.7 Å². The van der Waals surface area contributed by atoms with Crippen molar-refractivity contribution in [3.63, 3.8) is 0 Å². The van der Waals surface area contributed by atoms with Gasteiger partial charge in [-0.2, -0.15) is 0 Å². The predicted molar refractivity (Wildman–Crippen MR) is 144 cm³/mol. The summed E-state index contributed by atoms with van der Waals surface area (Å²) >= 11 is 0. The van der Waals surface area contributed by atoms with E-state index in [1.807, 2.05) is 49.6 Å². The summed E-state index contributed by atoms with van der Waals surface area (Å²) in [7, 11) is 3.92. The standard InChI is InChI=1S/C30H32N4O2/c1-33(29-31-19-18-28(32-29)25-13-12-23-10-6-7-11-24(23)20-25)26-14-16-27(17-15-26)34(2)30(35)36-21-22-8-4-3-5-9-22/h3-13,18-20,26-27H,14-17,21H2,1-2H3. The van der Waals surface area contributed by atoms with Crippen molar-refractivity contribution in [1.82, 2.24) is 14.9 Å². The summed E-state index contributed by atoms with van der Waals surface area (Å²) in [5, 5.41) is 2.42. The SMILES string of the molecule is CN(C(=O)OCc1ccccc1)C1CCC(N(C)c2nccc(-c3ccc4ccccc4c3)n2)CC1. The molecular weight excluding hydrogens is 448 g/mol. The third kappa shape index (κ3) is 5.33. The molecule has 1 heterocycles. The van der Waals surface area contributed by atoms with Gasteiger partial charge >= 0.3 is 6.09 Å². The average molecular weight is 481 g/mol. The minimum atomic E-state index is -0.262. The number of carbonyl (C=O) groups is 1. The molecule has 1 aliphatic rings. The van der Waals surface area contributed by atoms with Crippen molar-refractivity contribution in [2.45, 2.75) is 44.4 Å². The number of carbonyl (C=O) groups excluding carboxylic acids is 1. The zero-order valence-corrected chi connectivity index (χ0v) is 20.9. The molecule has 184 valence electrons. The molecule has 0 atom stereocenters. The molecule has 0 radical (unpaired) electrons. The van der Waals surface area contributed by atoms with Crippen LogP contribution in [0, 0.1) is 0 Å². The van der Waals surface area contributed by atoms with Gasteiger partial charge in [-0.25, -0.2) is 14.8 Å². The topological polar surface area (TPSA) is 58.6 Å². The van der Waals surface area contributed by atoms with Crippen LogP contribution >= 0.6 is 0 Å². The molecule has 4 aromatic rings. The number of amides is 1. The molecule has 6 nitrogen and oxygen atoms in total. The molecular formula is C30H32N4O2. The second kappa shape index (κ2) is 10.8. The highest BCUT2D eigenvalue weighted by Crippen LogP contribution is 2.29. The first kappa shape index (κ1) is 23.8. The van der Waals surface area contributed by atoms with Crippen LogP contribution in [-0.2, 0) is 11.3 Å². The van der Waals surface area contributed by atoms with E-state index in [-0.39, 0.29) is 12.1 Å². The van der Waals surface area contributed by atoms with E-state index in [1.54, 1.807) is 4.90 Å². The van der Waals surface area contributed by atoms with E-state index in [2.05, 4.69) is 59.4 Å². The summed E-state index contributed by atoms with van der Waals surface area (Å²) in [4.78, 5) is 26.0. The summed E-state index contributed by atoms with van der Waals surface area (Å²) in [6.07, 6.45) is 5.38. The minimum absolute atomic E-state index is 0.183. The maximum atomic E-state index is 12.6. The quantitative estimate of drug-likeness (QED) is 0.324. The van der Waals surface area contributed by atoms with Crippen molar-refractivity contribution in [1.29, 1.82) is 0 Å². The van der Waals surface area contributed by atoms with Gasteiger partial charge in [0.1, 0.15) is 6.61 Å². The number of hydrogen-bond acceptors (Lipinski definition) is 5. The normalized spacial score (nSPS) is 17.5. The Morgan fingerprint density at radius 2 is 1.56 bits per heavy atom. The van der Waals surface area contributed by atoms with Crippen LogP contribution in [0.2, 0.25) is 0 Å². The number of fused-ring (bicyclic) bond motifs is 1. The molecule has 1 saturated carbocycles. The minimum Gasteiger partial charge on any atom is -0.445 e. The van der Waals surface area contributed by atoms with Gasteiger partial charge in [0.15, 0.2) is 0 Å². The average Bonchev–Trinajstić information content (AvgIpc) is 2.95. The number of nitrogens with zero attached hydrogens (tertiary/aromatic N) is 4. The van der Waals surface area contributed by atoms with Crippen LogP contribution in [0.3, 0.4) is 0 Å². The number of anilines is 1. The highest BCUT2D eigenvalue weighted by molar-refractivity contribution is 5.86. The molecule has 1 amide bonds. The van der Waals surface area contributed by atoms with Crippen molar-refractivity contribution in [3.8, 4) is 11.3 Å². The molecule has 0 aliphatic heterocycles. The number of hydrogen-bond donors (Lipinski definition) is 0. The lowest BCUT2D eigenvalue weighted by atomic mass is 9.90. The number of ether oxygens (including phenoxy) is 1. The van der Waals surface area contributed by atoms with Crippen molar-refractivity contribution in [2.24, 2.45) is 0 Å². The fourth-order valence-corrected chi connectivity index (χ4v) is 4.99.